The second-order valence-corrected chi connectivity index (χ2v) is 5.18. The summed E-state index contributed by atoms with van der Waals surface area (Å²) in [6.07, 6.45) is 0.401. The maximum Gasteiger partial charge on any atom is 0.224 e. The Morgan fingerprint density at radius 1 is 1.05 bits per heavy atom. The molecule has 2 aromatic rings. The molecule has 0 atom stereocenters. The van der Waals surface area contributed by atoms with Crippen LogP contribution in [0.25, 0.3) is 0 Å². The first-order valence-electron chi connectivity index (χ1n) is 7.40. The normalized spacial score (nSPS) is 10.5. The van der Waals surface area contributed by atoms with Gasteiger partial charge in [0.15, 0.2) is 0 Å². The van der Waals surface area contributed by atoms with Crippen molar-refractivity contribution in [1.82, 2.24) is 10.2 Å². The SMILES string of the molecule is CNCCC(=O)N(Cc1ccccc1)Cc1ccccc1F. The van der Waals surface area contributed by atoms with Gasteiger partial charge in [-0.2, -0.15) is 0 Å². The van der Waals surface area contributed by atoms with E-state index in [0.717, 1.165) is 5.56 Å². The lowest BCUT2D eigenvalue weighted by Crippen LogP contribution is -2.32. The van der Waals surface area contributed by atoms with E-state index < -0.39 is 0 Å². The summed E-state index contributed by atoms with van der Waals surface area (Å²) < 4.78 is 13.9. The number of carbonyl (C=O) groups excluding carboxylic acids is 1. The van der Waals surface area contributed by atoms with Crippen molar-refractivity contribution in [2.24, 2.45) is 0 Å². The summed E-state index contributed by atoms with van der Waals surface area (Å²) in [6.45, 7) is 1.38. The number of rotatable bonds is 7. The van der Waals surface area contributed by atoms with Gasteiger partial charge in [0.25, 0.3) is 0 Å². The van der Waals surface area contributed by atoms with E-state index in [-0.39, 0.29) is 18.3 Å². The van der Waals surface area contributed by atoms with Gasteiger partial charge in [0.2, 0.25) is 5.91 Å². The molecule has 2 rings (SSSR count). The fourth-order valence-electron chi connectivity index (χ4n) is 2.26. The molecule has 0 aliphatic heterocycles. The van der Waals surface area contributed by atoms with E-state index in [2.05, 4.69) is 5.32 Å². The highest BCUT2D eigenvalue weighted by Gasteiger charge is 2.15. The summed E-state index contributed by atoms with van der Waals surface area (Å²) in [5.41, 5.74) is 1.58. The van der Waals surface area contributed by atoms with E-state index in [9.17, 15) is 9.18 Å². The molecule has 0 aliphatic rings. The second-order valence-electron chi connectivity index (χ2n) is 5.18. The number of nitrogens with zero attached hydrogens (tertiary/aromatic N) is 1. The Kier molecular flexibility index (Phi) is 6.10. The monoisotopic (exact) mass is 300 g/mol. The van der Waals surface area contributed by atoms with Crippen molar-refractivity contribution < 1.29 is 9.18 Å². The van der Waals surface area contributed by atoms with Gasteiger partial charge in [-0.25, -0.2) is 4.39 Å². The minimum atomic E-state index is -0.276. The first kappa shape index (κ1) is 16.2. The van der Waals surface area contributed by atoms with E-state index in [1.54, 1.807) is 23.1 Å². The number of hydrogen-bond donors (Lipinski definition) is 1. The molecule has 22 heavy (non-hydrogen) atoms. The van der Waals surface area contributed by atoms with Crippen LogP contribution in [0.3, 0.4) is 0 Å². The average Bonchev–Trinajstić information content (AvgIpc) is 2.55. The highest BCUT2D eigenvalue weighted by molar-refractivity contribution is 5.76. The van der Waals surface area contributed by atoms with Crippen molar-refractivity contribution in [3.05, 3.63) is 71.5 Å². The number of halogens is 1. The molecule has 2 aromatic carbocycles. The van der Waals surface area contributed by atoms with Gasteiger partial charge in [-0.3, -0.25) is 4.79 Å². The second kappa shape index (κ2) is 8.29. The molecule has 0 radical (unpaired) electrons. The third-order valence-corrected chi connectivity index (χ3v) is 3.48. The van der Waals surface area contributed by atoms with E-state index >= 15 is 0 Å². The van der Waals surface area contributed by atoms with E-state index in [1.165, 1.54) is 6.07 Å². The van der Waals surface area contributed by atoms with Crippen LogP contribution in [-0.4, -0.2) is 24.4 Å². The Morgan fingerprint density at radius 3 is 2.41 bits per heavy atom. The molecular formula is C18H21FN2O. The van der Waals surface area contributed by atoms with Crippen LogP contribution < -0.4 is 5.32 Å². The van der Waals surface area contributed by atoms with Crippen LogP contribution in [0.1, 0.15) is 17.5 Å². The lowest BCUT2D eigenvalue weighted by Gasteiger charge is -2.23. The van der Waals surface area contributed by atoms with Gasteiger partial charge in [-0.05, 0) is 18.7 Å². The molecule has 0 unspecified atom stereocenters. The van der Waals surface area contributed by atoms with Gasteiger partial charge >= 0.3 is 0 Å². The fraction of sp³-hybridized carbons (Fsp3) is 0.278. The van der Waals surface area contributed by atoms with Gasteiger partial charge in [0, 0.05) is 31.6 Å². The zero-order valence-electron chi connectivity index (χ0n) is 12.8. The highest BCUT2D eigenvalue weighted by atomic mass is 19.1. The minimum absolute atomic E-state index is 0.0152. The quantitative estimate of drug-likeness (QED) is 0.852. The summed E-state index contributed by atoms with van der Waals surface area (Å²) in [7, 11) is 1.81. The molecule has 0 saturated heterocycles. The molecule has 1 amide bonds. The lowest BCUT2D eigenvalue weighted by atomic mass is 10.1. The first-order valence-corrected chi connectivity index (χ1v) is 7.40. The van der Waals surface area contributed by atoms with Gasteiger partial charge in [-0.15, -0.1) is 0 Å². The highest BCUT2D eigenvalue weighted by Crippen LogP contribution is 2.14. The van der Waals surface area contributed by atoms with Crippen LogP contribution in [0.2, 0.25) is 0 Å². The molecule has 0 saturated carbocycles. The fourth-order valence-corrected chi connectivity index (χ4v) is 2.26. The van der Waals surface area contributed by atoms with Crippen molar-refractivity contribution in [2.45, 2.75) is 19.5 Å². The molecular weight excluding hydrogens is 279 g/mol. The first-order chi connectivity index (χ1) is 10.7. The lowest BCUT2D eigenvalue weighted by molar-refractivity contribution is -0.132. The summed E-state index contributed by atoms with van der Waals surface area (Å²) in [5, 5.41) is 2.97. The topological polar surface area (TPSA) is 32.3 Å². The van der Waals surface area contributed by atoms with Crippen molar-refractivity contribution in [3.63, 3.8) is 0 Å². The number of amides is 1. The van der Waals surface area contributed by atoms with E-state index in [4.69, 9.17) is 0 Å². The third kappa shape index (κ3) is 4.67. The van der Waals surface area contributed by atoms with Gasteiger partial charge in [0.1, 0.15) is 5.82 Å². The van der Waals surface area contributed by atoms with Gasteiger partial charge in [0.05, 0.1) is 0 Å². The molecule has 0 aromatic heterocycles. The Hall–Kier alpha value is -2.20. The molecule has 1 N–H and O–H groups in total. The summed E-state index contributed by atoms with van der Waals surface area (Å²) in [6, 6.07) is 16.4. The zero-order chi connectivity index (χ0) is 15.8. The number of nitrogens with one attached hydrogen (secondary N) is 1. The Labute approximate surface area is 130 Å². The Balaban J connectivity index is 2.14. The molecule has 0 bridgehead atoms. The van der Waals surface area contributed by atoms with Crippen molar-refractivity contribution in [2.75, 3.05) is 13.6 Å². The molecule has 0 heterocycles. The molecule has 116 valence electrons. The summed E-state index contributed by atoms with van der Waals surface area (Å²) >= 11 is 0. The summed E-state index contributed by atoms with van der Waals surface area (Å²) in [5.74, 6) is -0.261. The number of carbonyl (C=O) groups is 1. The predicted octanol–water partition coefficient (Wildman–Crippen LogP) is 2.96. The minimum Gasteiger partial charge on any atom is -0.334 e. The molecule has 0 aliphatic carbocycles. The predicted molar refractivity (Wildman–Crippen MR) is 85.6 cm³/mol. The van der Waals surface area contributed by atoms with Crippen LogP contribution in [-0.2, 0) is 17.9 Å². The molecule has 0 spiro atoms. The van der Waals surface area contributed by atoms with E-state index in [1.807, 2.05) is 37.4 Å². The maximum absolute atomic E-state index is 13.9. The van der Waals surface area contributed by atoms with Crippen molar-refractivity contribution in [1.29, 1.82) is 0 Å². The van der Waals surface area contributed by atoms with Crippen LogP contribution in [0, 0.1) is 5.82 Å². The van der Waals surface area contributed by atoms with Crippen molar-refractivity contribution >= 4 is 5.91 Å². The average molecular weight is 300 g/mol. The molecule has 0 fully saturated rings. The largest absolute Gasteiger partial charge is 0.334 e. The number of hydrogen-bond acceptors (Lipinski definition) is 2. The zero-order valence-corrected chi connectivity index (χ0v) is 12.8. The molecule has 4 heteroatoms. The number of benzene rings is 2. The standard InChI is InChI=1S/C18H21FN2O/c1-20-12-11-18(22)21(13-15-7-3-2-4-8-15)14-16-9-5-6-10-17(16)19/h2-10,20H,11-14H2,1H3. The Bertz CT molecular complexity index is 601. The van der Waals surface area contributed by atoms with E-state index in [0.29, 0.717) is 25.1 Å². The summed E-state index contributed by atoms with van der Waals surface area (Å²) in [4.78, 5) is 14.1. The van der Waals surface area contributed by atoms with Crippen LogP contribution >= 0.6 is 0 Å². The third-order valence-electron chi connectivity index (χ3n) is 3.48. The van der Waals surface area contributed by atoms with Crippen LogP contribution in [0.4, 0.5) is 4.39 Å². The smallest absolute Gasteiger partial charge is 0.224 e. The molecule has 3 nitrogen and oxygen atoms in total. The maximum atomic E-state index is 13.9. The van der Waals surface area contributed by atoms with Gasteiger partial charge in [-0.1, -0.05) is 48.5 Å². The van der Waals surface area contributed by atoms with Gasteiger partial charge < -0.3 is 10.2 Å². The van der Waals surface area contributed by atoms with Crippen LogP contribution in [0.5, 0.6) is 0 Å². The Morgan fingerprint density at radius 2 is 1.73 bits per heavy atom. The van der Waals surface area contributed by atoms with Crippen LogP contribution in [0.15, 0.2) is 54.6 Å². The van der Waals surface area contributed by atoms with Crippen molar-refractivity contribution in [3.8, 4) is 0 Å².